The first-order chi connectivity index (χ1) is 10.7. The van der Waals surface area contributed by atoms with Gasteiger partial charge in [0.2, 0.25) is 0 Å². The molecule has 0 amide bonds. The van der Waals surface area contributed by atoms with Gasteiger partial charge in [0.05, 0.1) is 0 Å². The third kappa shape index (κ3) is 3.56. The smallest absolute Gasteiger partial charge is 0.134 e. The Hall–Kier alpha value is -2.10. The Morgan fingerprint density at radius 1 is 1.05 bits per heavy atom. The SMILES string of the molecule is Cc1nc(NC(C)c2ccccc2)cc(N2CCCCC2)n1. The first-order valence-electron chi connectivity index (χ1n) is 8.14. The first-order valence-corrected chi connectivity index (χ1v) is 8.14. The van der Waals surface area contributed by atoms with Crippen molar-refractivity contribution in [2.24, 2.45) is 0 Å². The molecule has 2 heterocycles. The van der Waals surface area contributed by atoms with E-state index in [2.05, 4.69) is 57.4 Å². The van der Waals surface area contributed by atoms with Crippen molar-refractivity contribution in [3.8, 4) is 0 Å². The molecule has 1 saturated heterocycles. The van der Waals surface area contributed by atoms with Crippen molar-refractivity contribution < 1.29 is 0 Å². The van der Waals surface area contributed by atoms with Gasteiger partial charge in [0, 0.05) is 25.2 Å². The Bertz CT molecular complexity index is 606. The van der Waals surface area contributed by atoms with Crippen LogP contribution in [0.4, 0.5) is 11.6 Å². The van der Waals surface area contributed by atoms with Crippen LogP contribution < -0.4 is 10.2 Å². The monoisotopic (exact) mass is 296 g/mol. The van der Waals surface area contributed by atoms with Crippen LogP contribution in [0.5, 0.6) is 0 Å². The van der Waals surface area contributed by atoms with E-state index in [1.165, 1.54) is 24.8 Å². The van der Waals surface area contributed by atoms with Crippen LogP contribution in [0.25, 0.3) is 0 Å². The van der Waals surface area contributed by atoms with Gasteiger partial charge in [-0.2, -0.15) is 0 Å². The molecule has 4 heteroatoms. The number of hydrogen-bond acceptors (Lipinski definition) is 4. The number of nitrogens with zero attached hydrogens (tertiary/aromatic N) is 3. The van der Waals surface area contributed by atoms with Gasteiger partial charge in [-0.15, -0.1) is 0 Å². The first kappa shape index (κ1) is 14.8. The van der Waals surface area contributed by atoms with Crippen molar-refractivity contribution in [2.75, 3.05) is 23.3 Å². The van der Waals surface area contributed by atoms with E-state index in [1.807, 2.05) is 13.0 Å². The summed E-state index contributed by atoms with van der Waals surface area (Å²) in [5.74, 6) is 2.78. The molecule has 22 heavy (non-hydrogen) atoms. The highest BCUT2D eigenvalue weighted by Gasteiger charge is 2.14. The summed E-state index contributed by atoms with van der Waals surface area (Å²) in [5, 5.41) is 3.50. The average Bonchev–Trinajstić information content (AvgIpc) is 2.56. The highest BCUT2D eigenvalue weighted by molar-refractivity contribution is 5.50. The number of nitrogens with one attached hydrogen (secondary N) is 1. The lowest BCUT2D eigenvalue weighted by Crippen LogP contribution is -2.30. The van der Waals surface area contributed by atoms with Crippen molar-refractivity contribution in [1.82, 2.24) is 9.97 Å². The molecule has 1 aromatic carbocycles. The minimum atomic E-state index is 0.227. The number of aromatic nitrogens is 2. The third-order valence-electron chi connectivity index (χ3n) is 4.17. The Kier molecular flexibility index (Phi) is 4.56. The highest BCUT2D eigenvalue weighted by atomic mass is 15.2. The molecular formula is C18H24N4. The fraction of sp³-hybridized carbons (Fsp3) is 0.444. The van der Waals surface area contributed by atoms with Gasteiger partial charge in [0.1, 0.15) is 17.5 Å². The van der Waals surface area contributed by atoms with E-state index in [4.69, 9.17) is 0 Å². The Labute approximate surface area is 132 Å². The minimum absolute atomic E-state index is 0.227. The van der Waals surface area contributed by atoms with Gasteiger partial charge in [0.15, 0.2) is 0 Å². The van der Waals surface area contributed by atoms with E-state index in [0.717, 1.165) is 30.5 Å². The molecule has 1 aliphatic rings. The minimum Gasteiger partial charge on any atom is -0.363 e. The zero-order valence-electron chi connectivity index (χ0n) is 13.4. The molecule has 3 rings (SSSR count). The molecule has 116 valence electrons. The lowest BCUT2D eigenvalue weighted by Gasteiger charge is -2.28. The number of rotatable bonds is 4. The van der Waals surface area contributed by atoms with Crippen LogP contribution in [-0.4, -0.2) is 23.1 Å². The van der Waals surface area contributed by atoms with E-state index in [1.54, 1.807) is 0 Å². The predicted octanol–water partition coefficient (Wildman–Crippen LogP) is 3.95. The van der Waals surface area contributed by atoms with Gasteiger partial charge in [0.25, 0.3) is 0 Å². The second-order valence-electron chi connectivity index (χ2n) is 5.98. The second kappa shape index (κ2) is 6.77. The Morgan fingerprint density at radius 2 is 1.77 bits per heavy atom. The summed E-state index contributed by atoms with van der Waals surface area (Å²) in [7, 11) is 0. The topological polar surface area (TPSA) is 41.1 Å². The second-order valence-corrected chi connectivity index (χ2v) is 5.98. The summed E-state index contributed by atoms with van der Waals surface area (Å²) < 4.78 is 0. The average molecular weight is 296 g/mol. The fourth-order valence-electron chi connectivity index (χ4n) is 2.96. The quantitative estimate of drug-likeness (QED) is 0.927. The molecule has 0 aliphatic carbocycles. The van der Waals surface area contributed by atoms with Gasteiger partial charge in [-0.1, -0.05) is 30.3 Å². The number of anilines is 2. The Morgan fingerprint density at radius 3 is 2.50 bits per heavy atom. The van der Waals surface area contributed by atoms with Crippen LogP contribution >= 0.6 is 0 Å². The number of benzene rings is 1. The van der Waals surface area contributed by atoms with Gasteiger partial charge in [-0.05, 0) is 38.7 Å². The number of piperidine rings is 1. The van der Waals surface area contributed by atoms with Crippen molar-refractivity contribution in [3.63, 3.8) is 0 Å². The molecule has 1 aromatic heterocycles. The summed E-state index contributed by atoms with van der Waals surface area (Å²) >= 11 is 0. The number of hydrogen-bond donors (Lipinski definition) is 1. The maximum Gasteiger partial charge on any atom is 0.134 e. The van der Waals surface area contributed by atoms with Crippen LogP contribution in [-0.2, 0) is 0 Å². The van der Waals surface area contributed by atoms with Crippen molar-refractivity contribution in [3.05, 3.63) is 47.8 Å². The molecule has 2 aromatic rings. The predicted molar refractivity (Wildman–Crippen MR) is 91.3 cm³/mol. The third-order valence-corrected chi connectivity index (χ3v) is 4.17. The van der Waals surface area contributed by atoms with Crippen molar-refractivity contribution in [1.29, 1.82) is 0 Å². The maximum absolute atomic E-state index is 4.61. The van der Waals surface area contributed by atoms with Gasteiger partial charge in [-0.25, -0.2) is 9.97 Å². The normalized spacial score (nSPS) is 16.4. The highest BCUT2D eigenvalue weighted by Crippen LogP contribution is 2.23. The van der Waals surface area contributed by atoms with Crippen LogP contribution in [0.2, 0.25) is 0 Å². The maximum atomic E-state index is 4.61. The Balaban J connectivity index is 1.77. The van der Waals surface area contributed by atoms with Crippen LogP contribution in [0.3, 0.4) is 0 Å². The van der Waals surface area contributed by atoms with Crippen LogP contribution in [0, 0.1) is 6.92 Å². The molecule has 1 atom stereocenters. The molecular weight excluding hydrogens is 272 g/mol. The van der Waals surface area contributed by atoms with E-state index >= 15 is 0 Å². The molecule has 1 unspecified atom stereocenters. The lowest BCUT2D eigenvalue weighted by atomic mass is 10.1. The molecule has 1 N–H and O–H groups in total. The molecule has 0 bridgehead atoms. The zero-order chi connectivity index (χ0) is 15.4. The summed E-state index contributed by atoms with van der Waals surface area (Å²) in [5.41, 5.74) is 1.26. The summed E-state index contributed by atoms with van der Waals surface area (Å²) in [6.45, 7) is 6.33. The molecule has 1 fully saturated rings. The van der Waals surface area contributed by atoms with Gasteiger partial charge >= 0.3 is 0 Å². The molecule has 0 radical (unpaired) electrons. The molecule has 1 aliphatic heterocycles. The largest absolute Gasteiger partial charge is 0.363 e. The van der Waals surface area contributed by atoms with Gasteiger partial charge in [-0.3, -0.25) is 0 Å². The van der Waals surface area contributed by atoms with E-state index in [-0.39, 0.29) is 6.04 Å². The number of aryl methyl sites for hydroxylation is 1. The van der Waals surface area contributed by atoms with E-state index < -0.39 is 0 Å². The van der Waals surface area contributed by atoms with Crippen molar-refractivity contribution in [2.45, 2.75) is 39.2 Å². The van der Waals surface area contributed by atoms with Crippen molar-refractivity contribution >= 4 is 11.6 Å². The van der Waals surface area contributed by atoms with Crippen LogP contribution in [0.1, 0.15) is 43.6 Å². The summed E-state index contributed by atoms with van der Waals surface area (Å²) in [6.07, 6.45) is 3.84. The summed E-state index contributed by atoms with van der Waals surface area (Å²) in [6, 6.07) is 12.8. The van der Waals surface area contributed by atoms with E-state index in [0.29, 0.717) is 0 Å². The zero-order valence-corrected chi connectivity index (χ0v) is 13.4. The standard InChI is InChI=1S/C18H24N4/c1-14(16-9-5-3-6-10-16)19-17-13-18(21-15(2)20-17)22-11-7-4-8-12-22/h3,5-6,9-10,13-14H,4,7-8,11-12H2,1-2H3,(H,19,20,21). The molecule has 0 saturated carbocycles. The lowest BCUT2D eigenvalue weighted by molar-refractivity contribution is 0.572. The molecule has 4 nitrogen and oxygen atoms in total. The molecule has 0 spiro atoms. The van der Waals surface area contributed by atoms with E-state index in [9.17, 15) is 0 Å². The fourth-order valence-corrected chi connectivity index (χ4v) is 2.96. The summed E-state index contributed by atoms with van der Waals surface area (Å²) in [4.78, 5) is 11.5. The van der Waals surface area contributed by atoms with Gasteiger partial charge < -0.3 is 10.2 Å². The van der Waals surface area contributed by atoms with Crippen LogP contribution in [0.15, 0.2) is 36.4 Å².